The normalized spacial score (nSPS) is 17.5. The zero-order valence-electron chi connectivity index (χ0n) is 53.0. The molecule has 3 aromatic carbocycles. The maximum Gasteiger partial charge on any atom is 0.416 e. The number of Topliss-reactive ketones (excluding diaryl/α,β-unsaturated/α-hetero) is 3. The molecule has 2 N–H and O–H groups in total. The molecule has 22 nitrogen and oxygen atoms in total. The van der Waals surface area contributed by atoms with Gasteiger partial charge in [-0.25, -0.2) is 9.69 Å². The molecule has 0 fully saturated rings. The number of benzene rings is 3. The number of methoxy groups -OCH3 is 2. The summed E-state index contributed by atoms with van der Waals surface area (Å²) in [6.45, 7) is 13.9. The molecular weight excluding hydrogens is 1160 g/mol. The van der Waals surface area contributed by atoms with Gasteiger partial charge in [-0.05, 0) is 80.4 Å². The molecule has 22 heteroatoms. The average molecular weight is 1250 g/mol. The van der Waals surface area contributed by atoms with Crippen molar-refractivity contribution in [3.8, 4) is 23.0 Å². The Labute approximate surface area is 527 Å². The van der Waals surface area contributed by atoms with E-state index in [4.69, 9.17) is 42.6 Å². The second-order valence-electron chi connectivity index (χ2n) is 22.6. The highest BCUT2D eigenvalue weighted by atomic mass is 16.6. The van der Waals surface area contributed by atoms with Crippen molar-refractivity contribution in [3.05, 3.63) is 119 Å². The van der Waals surface area contributed by atoms with E-state index in [0.717, 1.165) is 16.0 Å². The SMILES string of the molecule is C/C=C/C1=CN2C(=O)c3cc(OC)c(OCCCOc4cc5c(cc4OC)C(=O)N4C=C(/C=C/C)C[C@H]4[C@H](O)N5C(=O)OCc4ccc(CC(=O)[C@H](C)NC(=O)C(CC(=O)CCOCCOCCOCCOCCCC(=O)CC)C(C)C)cc4)cc3N=C[C@@H]2C1. The van der Waals surface area contributed by atoms with Crippen molar-refractivity contribution in [3.63, 3.8) is 0 Å². The lowest BCUT2D eigenvalue weighted by Gasteiger charge is -2.31. The molecule has 3 aromatic rings. The number of amides is 4. The number of ketones is 3. The molecule has 4 aliphatic rings. The van der Waals surface area contributed by atoms with Gasteiger partial charge >= 0.3 is 6.09 Å². The van der Waals surface area contributed by atoms with Crippen LogP contribution in [-0.4, -0.2) is 167 Å². The lowest BCUT2D eigenvalue weighted by Crippen LogP contribution is -2.50. The van der Waals surface area contributed by atoms with Crippen LogP contribution < -0.4 is 29.2 Å². The Morgan fingerprint density at radius 2 is 1.26 bits per heavy atom. The minimum atomic E-state index is -1.56. The Balaban J connectivity index is 0.888. The molecule has 0 bridgehead atoms. The van der Waals surface area contributed by atoms with Gasteiger partial charge in [-0.3, -0.25) is 33.8 Å². The van der Waals surface area contributed by atoms with Crippen LogP contribution in [0.4, 0.5) is 16.2 Å². The molecule has 4 amide bonds. The number of hydrogen-bond acceptors (Lipinski definition) is 18. The van der Waals surface area contributed by atoms with Crippen LogP contribution >= 0.6 is 0 Å². The number of aliphatic hydroxyl groups excluding tert-OH is 1. The fraction of sp³-hybridized carbons (Fsp3) is 0.500. The van der Waals surface area contributed by atoms with E-state index in [0.29, 0.717) is 112 Å². The van der Waals surface area contributed by atoms with Gasteiger partial charge in [-0.15, -0.1) is 0 Å². The van der Waals surface area contributed by atoms with E-state index in [1.54, 1.807) is 60.6 Å². The van der Waals surface area contributed by atoms with Crippen molar-refractivity contribution in [2.75, 3.05) is 85.2 Å². The van der Waals surface area contributed by atoms with Crippen LogP contribution in [0.5, 0.6) is 23.0 Å². The Kier molecular flexibility index (Phi) is 26.9. The first-order valence-corrected chi connectivity index (χ1v) is 30.9. The second-order valence-corrected chi connectivity index (χ2v) is 22.6. The number of nitrogens with zero attached hydrogens (tertiary/aromatic N) is 4. The number of anilines is 1. The molecule has 486 valence electrons. The third-order valence-electron chi connectivity index (χ3n) is 15.7. The van der Waals surface area contributed by atoms with Crippen LogP contribution in [-0.2, 0) is 55.9 Å². The van der Waals surface area contributed by atoms with E-state index < -0.39 is 42.1 Å². The van der Waals surface area contributed by atoms with Crippen molar-refractivity contribution < 1.29 is 81.3 Å². The number of aliphatic hydroxyl groups is 1. The Morgan fingerprint density at radius 3 is 1.88 bits per heavy atom. The van der Waals surface area contributed by atoms with Crippen LogP contribution in [0.2, 0.25) is 0 Å². The van der Waals surface area contributed by atoms with Crippen molar-refractivity contribution in [2.24, 2.45) is 16.8 Å². The van der Waals surface area contributed by atoms with Crippen LogP contribution in [0.15, 0.2) is 101 Å². The Bertz CT molecular complexity index is 3150. The molecule has 1 unspecified atom stereocenters. The highest BCUT2D eigenvalue weighted by Gasteiger charge is 2.45. The Hall–Kier alpha value is -8.02. The lowest BCUT2D eigenvalue weighted by molar-refractivity contribution is -0.133. The minimum Gasteiger partial charge on any atom is -0.493 e. The summed E-state index contributed by atoms with van der Waals surface area (Å²) >= 11 is 0. The lowest BCUT2D eigenvalue weighted by atomic mass is 9.88. The van der Waals surface area contributed by atoms with Crippen LogP contribution in [0.3, 0.4) is 0 Å². The molecular formula is C68H87N5O17. The van der Waals surface area contributed by atoms with Crippen molar-refractivity contribution in [1.82, 2.24) is 15.1 Å². The van der Waals surface area contributed by atoms with E-state index in [2.05, 4.69) is 10.3 Å². The van der Waals surface area contributed by atoms with Gasteiger partial charge in [0.2, 0.25) is 5.91 Å². The van der Waals surface area contributed by atoms with Gasteiger partial charge in [0, 0.05) is 81.8 Å². The standard InChI is InChI=1S/C68H87N5O17/c1-9-14-48-32-50-40-69-56-38-62(60(82-7)36-54(56)65(78)71(50)41-48)88-23-13-24-89-63-39-57-55(37-61(63)83-8)66(79)72-42-49(15-10-2)33-58(72)67(80)73(57)68(81)90-43-47-19-17-46(18-20-47)34-59(76)45(6)70-64(77)53(44(4)5)35-52(75)21-25-85-27-29-87-31-30-86-28-26-84-22-12-16-51(74)11-3/h9-10,14-15,17-20,36-42,44-45,50,53,58,67,80H,11-13,16,21-35,43H2,1-8H3,(H,70,77)/b14-9+,15-10+/t45-,50-,53?,58-,67-/m0/s1. The number of ether oxygens (including phenoxy) is 9. The summed E-state index contributed by atoms with van der Waals surface area (Å²) in [4.78, 5) is 102. The number of rotatable bonds is 37. The molecule has 0 radical (unpaired) electrons. The van der Waals surface area contributed by atoms with Crippen LogP contribution in [0, 0.1) is 11.8 Å². The summed E-state index contributed by atoms with van der Waals surface area (Å²) in [5, 5.41) is 14.9. The highest BCUT2D eigenvalue weighted by Crippen LogP contribution is 2.43. The fourth-order valence-corrected chi connectivity index (χ4v) is 10.7. The predicted octanol–water partition coefficient (Wildman–Crippen LogP) is 9.16. The number of nitrogens with one attached hydrogen (secondary N) is 1. The molecule has 4 heterocycles. The summed E-state index contributed by atoms with van der Waals surface area (Å²) in [7, 11) is 2.92. The smallest absolute Gasteiger partial charge is 0.416 e. The fourth-order valence-electron chi connectivity index (χ4n) is 10.7. The number of fused-ring (bicyclic) bond motifs is 4. The number of hydrogen-bond donors (Lipinski definition) is 2. The molecule has 0 saturated heterocycles. The molecule has 7 rings (SSSR count). The predicted molar refractivity (Wildman–Crippen MR) is 336 cm³/mol. The molecule has 5 atom stereocenters. The van der Waals surface area contributed by atoms with Crippen LogP contribution in [0.25, 0.3) is 0 Å². The van der Waals surface area contributed by atoms with E-state index in [-0.39, 0.29) is 110 Å². The van der Waals surface area contributed by atoms with Crippen LogP contribution in [0.1, 0.15) is 125 Å². The van der Waals surface area contributed by atoms with Crippen molar-refractivity contribution in [1.29, 1.82) is 0 Å². The van der Waals surface area contributed by atoms with Crippen molar-refractivity contribution >= 4 is 58.8 Å². The summed E-state index contributed by atoms with van der Waals surface area (Å²) in [5.41, 5.74) is 3.96. The molecule has 0 spiro atoms. The van der Waals surface area contributed by atoms with Gasteiger partial charge in [-0.2, -0.15) is 0 Å². The topological polar surface area (TPSA) is 257 Å². The van der Waals surface area contributed by atoms with Gasteiger partial charge in [0.05, 0.1) is 114 Å². The molecule has 4 aliphatic heterocycles. The zero-order chi connectivity index (χ0) is 64.7. The summed E-state index contributed by atoms with van der Waals surface area (Å²) < 4.78 is 51.7. The third kappa shape index (κ3) is 19.0. The van der Waals surface area contributed by atoms with Gasteiger partial charge in [-0.1, -0.05) is 69.3 Å². The average Bonchev–Trinajstić information content (AvgIpc) is 1.62. The first-order valence-electron chi connectivity index (χ1n) is 30.9. The van der Waals surface area contributed by atoms with Gasteiger partial charge in [0.15, 0.2) is 35.0 Å². The Morgan fingerprint density at radius 1 is 0.678 bits per heavy atom. The maximum absolute atomic E-state index is 14.4. The maximum atomic E-state index is 14.4. The molecule has 0 aromatic heterocycles. The first-order chi connectivity index (χ1) is 43.5. The first kappa shape index (κ1) is 69.5. The van der Waals surface area contributed by atoms with Gasteiger partial charge in [0.25, 0.3) is 11.8 Å². The largest absolute Gasteiger partial charge is 0.493 e. The third-order valence-corrected chi connectivity index (χ3v) is 15.7. The van der Waals surface area contributed by atoms with E-state index in [1.807, 2.05) is 65.1 Å². The van der Waals surface area contributed by atoms with E-state index >= 15 is 0 Å². The molecule has 90 heavy (non-hydrogen) atoms. The monoisotopic (exact) mass is 1250 g/mol. The quantitative estimate of drug-likeness (QED) is 0.0510. The second kappa shape index (κ2) is 34.8. The van der Waals surface area contributed by atoms with E-state index in [1.165, 1.54) is 31.3 Å². The molecule has 0 saturated carbocycles. The highest BCUT2D eigenvalue weighted by molar-refractivity contribution is 6.07. The minimum absolute atomic E-state index is 0.000619. The van der Waals surface area contributed by atoms with E-state index in [9.17, 15) is 38.7 Å². The van der Waals surface area contributed by atoms with Gasteiger partial charge < -0.3 is 62.9 Å². The number of carbonyl (C=O) groups excluding carboxylic acids is 7. The van der Waals surface area contributed by atoms with Gasteiger partial charge in [0.1, 0.15) is 18.2 Å². The summed E-state index contributed by atoms with van der Waals surface area (Å²) in [6, 6.07) is 11.2. The number of allylic oxidation sites excluding steroid dienone is 4. The zero-order valence-corrected chi connectivity index (χ0v) is 53.0. The number of carbonyl (C=O) groups is 7. The number of aliphatic imine (C=N–C) groups is 1. The summed E-state index contributed by atoms with van der Waals surface area (Å²) in [6.07, 6.45) is 13.5. The summed E-state index contributed by atoms with van der Waals surface area (Å²) in [5.74, 6) is -0.908. The molecule has 0 aliphatic carbocycles. The van der Waals surface area contributed by atoms with Crippen molar-refractivity contribution in [2.45, 2.75) is 130 Å².